The molecule has 1 aromatic heterocycles. The number of nitrogens with one attached hydrogen (secondary N) is 2. The molecule has 0 spiro atoms. The monoisotopic (exact) mass is 586 g/mol. The van der Waals surface area contributed by atoms with Crippen LogP contribution in [0, 0.1) is 6.57 Å². The Morgan fingerprint density at radius 3 is 2.42 bits per heavy atom. The van der Waals surface area contributed by atoms with E-state index in [1.54, 1.807) is 17.0 Å². The van der Waals surface area contributed by atoms with Crippen LogP contribution in [0.4, 0.5) is 16.2 Å². The first-order valence-corrected chi connectivity index (χ1v) is 15.3. The van der Waals surface area contributed by atoms with Crippen LogP contribution in [0.2, 0.25) is 0 Å². The van der Waals surface area contributed by atoms with Crippen LogP contribution in [0.3, 0.4) is 0 Å². The summed E-state index contributed by atoms with van der Waals surface area (Å²) in [7, 11) is 0. The van der Waals surface area contributed by atoms with Gasteiger partial charge in [-0.1, -0.05) is 25.3 Å². The number of nitrogens with zero attached hydrogens (tertiary/aromatic N) is 4. The number of carbonyl (C=O) groups excluding carboxylic acids is 2. The summed E-state index contributed by atoms with van der Waals surface area (Å²) >= 11 is 0. The van der Waals surface area contributed by atoms with E-state index >= 15 is 0 Å². The van der Waals surface area contributed by atoms with Crippen LogP contribution in [-0.2, 0) is 22.6 Å². The van der Waals surface area contributed by atoms with E-state index in [1.165, 1.54) is 6.42 Å². The number of benzene rings is 2. The summed E-state index contributed by atoms with van der Waals surface area (Å²) in [6.45, 7) is 14.8. The van der Waals surface area contributed by atoms with Crippen molar-refractivity contribution < 1.29 is 19.1 Å². The lowest BCUT2D eigenvalue weighted by Crippen LogP contribution is -2.44. The maximum atomic E-state index is 13.0. The number of hydrogen-bond acceptors (Lipinski definition) is 6. The van der Waals surface area contributed by atoms with Gasteiger partial charge in [0.2, 0.25) is 5.91 Å². The van der Waals surface area contributed by atoms with Gasteiger partial charge in [-0.15, -0.1) is 0 Å². The highest BCUT2D eigenvalue weighted by Crippen LogP contribution is 2.25. The topological polar surface area (TPSA) is 102 Å². The second-order valence-electron chi connectivity index (χ2n) is 12.5. The van der Waals surface area contributed by atoms with Crippen LogP contribution < -0.4 is 15.4 Å². The third-order valence-corrected chi connectivity index (χ3v) is 7.91. The zero-order chi connectivity index (χ0) is 30.4. The van der Waals surface area contributed by atoms with Crippen molar-refractivity contribution in [2.75, 3.05) is 18.4 Å². The molecule has 0 radical (unpaired) electrons. The average molecular weight is 587 g/mol. The maximum Gasteiger partial charge on any atom is 0.410 e. The summed E-state index contributed by atoms with van der Waals surface area (Å²) in [6.07, 6.45) is 6.88. The molecule has 228 valence electrons. The van der Waals surface area contributed by atoms with Gasteiger partial charge in [-0.25, -0.2) is 14.6 Å². The highest BCUT2D eigenvalue weighted by atomic mass is 16.6. The molecule has 1 aliphatic carbocycles. The Labute approximate surface area is 253 Å². The number of fused-ring (bicyclic) bond motifs is 1. The second-order valence-corrected chi connectivity index (χ2v) is 12.5. The van der Waals surface area contributed by atoms with Crippen LogP contribution in [0.5, 0.6) is 5.75 Å². The fourth-order valence-electron chi connectivity index (χ4n) is 5.72. The van der Waals surface area contributed by atoms with Gasteiger partial charge in [0.1, 0.15) is 29.8 Å². The van der Waals surface area contributed by atoms with Gasteiger partial charge in [-0.2, -0.15) is 0 Å². The molecule has 2 amide bonds. The lowest BCUT2D eigenvalue weighted by Gasteiger charge is -2.33. The van der Waals surface area contributed by atoms with E-state index in [4.69, 9.17) is 21.0 Å². The number of carbonyl (C=O) groups is 2. The number of ether oxygens (including phenoxy) is 2. The molecule has 2 heterocycles. The van der Waals surface area contributed by atoms with E-state index in [-0.39, 0.29) is 30.7 Å². The molecular formula is C33H42N6O4. The number of anilines is 1. The zero-order valence-electron chi connectivity index (χ0n) is 25.4. The Kier molecular flexibility index (Phi) is 9.39. The Morgan fingerprint density at radius 2 is 1.74 bits per heavy atom. The fraction of sp³-hybridized carbons (Fsp3) is 0.515. The molecule has 3 aromatic rings. The predicted molar refractivity (Wildman–Crippen MR) is 166 cm³/mol. The first-order valence-electron chi connectivity index (χ1n) is 15.3. The number of rotatable bonds is 8. The van der Waals surface area contributed by atoms with Crippen molar-refractivity contribution in [2.45, 2.75) is 96.6 Å². The first-order chi connectivity index (χ1) is 20.7. The van der Waals surface area contributed by atoms with Crippen molar-refractivity contribution >= 4 is 34.4 Å². The molecule has 5 rings (SSSR count). The van der Waals surface area contributed by atoms with Gasteiger partial charge in [-0.05, 0) is 70.0 Å². The van der Waals surface area contributed by atoms with Gasteiger partial charge >= 0.3 is 6.09 Å². The van der Waals surface area contributed by atoms with Gasteiger partial charge in [0.05, 0.1) is 24.2 Å². The molecule has 0 atom stereocenters. The summed E-state index contributed by atoms with van der Waals surface area (Å²) in [6, 6.07) is 13.4. The smallest absolute Gasteiger partial charge is 0.410 e. The molecule has 0 bridgehead atoms. The molecule has 10 nitrogen and oxygen atoms in total. The number of piperidine rings is 1. The summed E-state index contributed by atoms with van der Waals surface area (Å²) in [4.78, 5) is 35.4. The van der Waals surface area contributed by atoms with E-state index in [0.29, 0.717) is 30.8 Å². The van der Waals surface area contributed by atoms with Crippen molar-refractivity contribution in [3.63, 3.8) is 0 Å². The molecule has 0 unspecified atom stereocenters. The maximum absolute atomic E-state index is 13.0. The van der Waals surface area contributed by atoms with Crippen molar-refractivity contribution in [1.82, 2.24) is 19.8 Å². The van der Waals surface area contributed by atoms with Crippen molar-refractivity contribution in [1.29, 1.82) is 0 Å². The summed E-state index contributed by atoms with van der Waals surface area (Å²) < 4.78 is 13.6. The zero-order valence-corrected chi connectivity index (χ0v) is 25.4. The predicted octanol–water partition coefficient (Wildman–Crippen LogP) is 6.43. The van der Waals surface area contributed by atoms with E-state index in [9.17, 15) is 9.59 Å². The van der Waals surface area contributed by atoms with Crippen LogP contribution in [0.25, 0.3) is 15.9 Å². The van der Waals surface area contributed by atoms with Crippen LogP contribution in [0.15, 0.2) is 42.5 Å². The van der Waals surface area contributed by atoms with Crippen molar-refractivity contribution in [3.05, 3.63) is 59.7 Å². The van der Waals surface area contributed by atoms with E-state index < -0.39 is 5.60 Å². The van der Waals surface area contributed by atoms with Crippen LogP contribution in [0.1, 0.15) is 71.5 Å². The summed E-state index contributed by atoms with van der Waals surface area (Å²) in [5.74, 6) is 1.49. The largest absolute Gasteiger partial charge is 0.490 e. The molecule has 2 aliphatic rings. The number of amides is 2. The minimum atomic E-state index is -0.502. The normalized spacial score (nSPS) is 16.5. The third kappa shape index (κ3) is 8.19. The molecule has 2 aromatic carbocycles. The first kappa shape index (κ1) is 30.2. The SMILES string of the molecule is [C-]#[N+]c1ccc2c(c1)nc(CNc1ccc(OC3CCN(C(=O)OC(C)(C)C)CC3)cc1)n2CC(=O)NC1CCCCC1. The molecule has 1 aliphatic heterocycles. The van der Waals surface area contributed by atoms with Crippen LogP contribution >= 0.6 is 0 Å². The second kappa shape index (κ2) is 13.4. The summed E-state index contributed by atoms with van der Waals surface area (Å²) in [5.41, 5.74) is 2.47. The average Bonchev–Trinajstić information content (AvgIpc) is 3.32. The Balaban J connectivity index is 1.18. The van der Waals surface area contributed by atoms with E-state index in [0.717, 1.165) is 61.3 Å². The Bertz CT molecular complexity index is 1460. The molecule has 10 heteroatoms. The highest BCUT2D eigenvalue weighted by molar-refractivity contribution is 5.83. The van der Waals surface area contributed by atoms with E-state index in [2.05, 4.69) is 15.5 Å². The summed E-state index contributed by atoms with van der Waals surface area (Å²) in [5, 5.41) is 6.63. The molecule has 2 N–H and O–H groups in total. The minimum Gasteiger partial charge on any atom is -0.490 e. The molecular weight excluding hydrogens is 544 g/mol. The standard InChI is InChI=1S/C33H42N6O4/c1-33(2,3)43-32(41)38-18-16-27(17-19-38)42-26-13-10-23(11-14-26)35-21-30-37-28-20-25(34-4)12-15-29(28)39(30)22-31(40)36-24-8-6-5-7-9-24/h10-15,20,24,27,35H,5-9,16-19,21-22H2,1-3H3,(H,36,40). The lowest BCUT2D eigenvalue weighted by atomic mass is 9.95. The van der Waals surface area contributed by atoms with E-state index in [1.807, 2.05) is 55.7 Å². The van der Waals surface area contributed by atoms with Gasteiger partial charge < -0.3 is 29.6 Å². The molecule has 1 saturated heterocycles. The van der Waals surface area contributed by atoms with Crippen molar-refractivity contribution in [2.24, 2.45) is 0 Å². The Hall–Kier alpha value is -4.26. The molecule has 43 heavy (non-hydrogen) atoms. The Morgan fingerprint density at radius 1 is 1.02 bits per heavy atom. The number of aromatic nitrogens is 2. The lowest BCUT2D eigenvalue weighted by molar-refractivity contribution is -0.122. The quantitative estimate of drug-likeness (QED) is 0.295. The van der Waals surface area contributed by atoms with Gasteiger partial charge in [0.15, 0.2) is 5.69 Å². The fourth-order valence-corrected chi connectivity index (χ4v) is 5.72. The molecule has 1 saturated carbocycles. The minimum absolute atomic E-state index is 0.0138. The van der Waals surface area contributed by atoms with Gasteiger partial charge in [0.25, 0.3) is 0 Å². The third-order valence-electron chi connectivity index (χ3n) is 7.91. The number of imidazole rings is 1. The molecule has 2 fully saturated rings. The van der Waals surface area contributed by atoms with Crippen molar-refractivity contribution in [3.8, 4) is 5.75 Å². The van der Waals surface area contributed by atoms with Crippen LogP contribution in [-0.4, -0.2) is 57.3 Å². The highest BCUT2D eigenvalue weighted by Gasteiger charge is 2.27. The number of hydrogen-bond donors (Lipinski definition) is 2. The van der Waals surface area contributed by atoms with Gasteiger partial charge in [-0.3, -0.25) is 4.79 Å². The van der Waals surface area contributed by atoms with Gasteiger partial charge in [0, 0.05) is 37.7 Å². The number of likely N-dealkylation sites (tertiary alicyclic amines) is 1.